The molecular formula is C21H29N3O3. The monoisotopic (exact) mass is 371 g/mol. The first-order chi connectivity index (χ1) is 13.1. The Morgan fingerprint density at radius 1 is 1.11 bits per heavy atom. The molecule has 1 aromatic rings. The van der Waals surface area contributed by atoms with Gasteiger partial charge in [-0.05, 0) is 43.4 Å². The summed E-state index contributed by atoms with van der Waals surface area (Å²) in [7, 11) is 1.66. The smallest absolute Gasteiger partial charge is 0.319 e. The van der Waals surface area contributed by atoms with Crippen LogP contribution in [-0.2, 0) is 11.3 Å². The van der Waals surface area contributed by atoms with E-state index in [1.807, 2.05) is 39.0 Å². The van der Waals surface area contributed by atoms with Gasteiger partial charge in [0.05, 0.1) is 7.11 Å². The quantitative estimate of drug-likeness (QED) is 0.821. The number of carbonyl (C=O) groups is 2. The van der Waals surface area contributed by atoms with E-state index in [4.69, 9.17) is 4.74 Å². The predicted molar refractivity (Wildman–Crippen MR) is 102 cm³/mol. The van der Waals surface area contributed by atoms with Crippen LogP contribution in [0.25, 0.3) is 0 Å². The maximum atomic E-state index is 12.6. The van der Waals surface area contributed by atoms with Crippen LogP contribution >= 0.6 is 0 Å². The zero-order valence-electron chi connectivity index (χ0n) is 16.2. The van der Waals surface area contributed by atoms with Crippen molar-refractivity contribution < 1.29 is 14.3 Å². The molecule has 0 aromatic heterocycles. The number of nitrogens with zero attached hydrogens (tertiary/aromatic N) is 3. The van der Waals surface area contributed by atoms with Crippen molar-refractivity contribution in [3.63, 3.8) is 0 Å². The molecule has 3 saturated heterocycles. The molecule has 0 unspecified atom stereocenters. The van der Waals surface area contributed by atoms with Gasteiger partial charge >= 0.3 is 6.03 Å². The second-order valence-corrected chi connectivity index (χ2v) is 8.24. The lowest BCUT2D eigenvalue weighted by Crippen LogP contribution is -2.48. The van der Waals surface area contributed by atoms with Crippen molar-refractivity contribution in [1.29, 1.82) is 0 Å². The van der Waals surface area contributed by atoms with Crippen LogP contribution in [0.15, 0.2) is 24.3 Å². The molecule has 0 bridgehead atoms. The molecule has 1 aromatic carbocycles. The van der Waals surface area contributed by atoms with Crippen LogP contribution in [0.2, 0.25) is 0 Å². The average Bonchev–Trinajstić information content (AvgIpc) is 3.31. The molecule has 3 aliphatic rings. The topological polar surface area (TPSA) is 53.1 Å². The van der Waals surface area contributed by atoms with Gasteiger partial charge in [0.15, 0.2) is 0 Å². The molecule has 27 heavy (non-hydrogen) atoms. The fraction of sp³-hybridized carbons (Fsp3) is 0.619. The van der Waals surface area contributed by atoms with Crippen LogP contribution in [0.4, 0.5) is 4.79 Å². The summed E-state index contributed by atoms with van der Waals surface area (Å²) in [5.74, 6) is 1.06. The van der Waals surface area contributed by atoms with Crippen LogP contribution < -0.4 is 4.74 Å². The number of methoxy groups -OCH3 is 1. The van der Waals surface area contributed by atoms with Crippen LogP contribution in [-0.4, -0.2) is 66.5 Å². The van der Waals surface area contributed by atoms with Crippen molar-refractivity contribution in [3.8, 4) is 5.75 Å². The lowest BCUT2D eigenvalue weighted by atomic mass is 9.77. The summed E-state index contributed by atoms with van der Waals surface area (Å²) in [5, 5.41) is 0. The van der Waals surface area contributed by atoms with Gasteiger partial charge < -0.3 is 19.4 Å². The number of piperidine rings is 1. The number of hydrogen-bond donors (Lipinski definition) is 0. The van der Waals surface area contributed by atoms with E-state index in [9.17, 15) is 9.59 Å². The molecule has 0 saturated carbocycles. The Morgan fingerprint density at radius 3 is 2.52 bits per heavy atom. The fourth-order valence-corrected chi connectivity index (χ4v) is 4.73. The third kappa shape index (κ3) is 3.75. The molecule has 0 atom stereocenters. The second-order valence-electron chi connectivity index (χ2n) is 8.24. The first-order valence-electron chi connectivity index (χ1n) is 10.0. The Morgan fingerprint density at radius 2 is 1.81 bits per heavy atom. The van der Waals surface area contributed by atoms with Gasteiger partial charge in [0, 0.05) is 51.1 Å². The average molecular weight is 371 g/mol. The summed E-state index contributed by atoms with van der Waals surface area (Å²) in [5.41, 5.74) is 1.14. The van der Waals surface area contributed by atoms with E-state index in [2.05, 4.69) is 0 Å². The molecule has 6 nitrogen and oxygen atoms in total. The third-order valence-electron chi connectivity index (χ3n) is 6.38. The van der Waals surface area contributed by atoms with E-state index >= 15 is 0 Å². The molecule has 3 fully saturated rings. The highest BCUT2D eigenvalue weighted by Crippen LogP contribution is 2.41. The van der Waals surface area contributed by atoms with Gasteiger partial charge in [0.2, 0.25) is 5.91 Å². The van der Waals surface area contributed by atoms with E-state index in [1.165, 1.54) is 0 Å². The highest BCUT2D eigenvalue weighted by atomic mass is 16.5. The maximum absolute atomic E-state index is 12.6. The lowest BCUT2D eigenvalue weighted by Gasteiger charge is -2.40. The molecule has 0 N–H and O–H groups in total. The number of ether oxygens (including phenoxy) is 1. The van der Waals surface area contributed by atoms with Crippen molar-refractivity contribution >= 4 is 11.9 Å². The van der Waals surface area contributed by atoms with E-state index in [-0.39, 0.29) is 17.4 Å². The summed E-state index contributed by atoms with van der Waals surface area (Å²) in [4.78, 5) is 31.2. The second kappa shape index (κ2) is 7.41. The van der Waals surface area contributed by atoms with Crippen molar-refractivity contribution in [1.82, 2.24) is 14.7 Å². The molecule has 0 aliphatic carbocycles. The zero-order chi connectivity index (χ0) is 18.9. The van der Waals surface area contributed by atoms with Gasteiger partial charge in [-0.15, -0.1) is 0 Å². The van der Waals surface area contributed by atoms with E-state index < -0.39 is 0 Å². The Labute approximate surface area is 161 Å². The van der Waals surface area contributed by atoms with Crippen LogP contribution in [0.5, 0.6) is 5.75 Å². The molecule has 6 heteroatoms. The van der Waals surface area contributed by atoms with Crippen LogP contribution in [0.3, 0.4) is 0 Å². The van der Waals surface area contributed by atoms with E-state index in [0.717, 1.165) is 69.7 Å². The normalized spacial score (nSPS) is 22.0. The summed E-state index contributed by atoms with van der Waals surface area (Å²) in [6, 6.07) is 8.12. The lowest BCUT2D eigenvalue weighted by molar-refractivity contribution is -0.128. The van der Waals surface area contributed by atoms with Gasteiger partial charge in [-0.2, -0.15) is 0 Å². The molecule has 1 spiro atoms. The van der Waals surface area contributed by atoms with Crippen molar-refractivity contribution in [3.05, 3.63) is 29.8 Å². The Bertz CT molecular complexity index is 706. The van der Waals surface area contributed by atoms with E-state index in [0.29, 0.717) is 13.0 Å². The number of carbonyl (C=O) groups excluding carboxylic acids is 2. The van der Waals surface area contributed by atoms with Crippen LogP contribution in [0, 0.1) is 5.41 Å². The van der Waals surface area contributed by atoms with Crippen molar-refractivity contribution in [2.45, 2.75) is 38.6 Å². The van der Waals surface area contributed by atoms with Crippen LogP contribution in [0.1, 0.15) is 37.7 Å². The van der Waals surface area contributed by atoms with Crippen molar-refractivity contribution in [2.24, 2.45) is 5.41 Å². The summed E-state index contributed by atoms with van der Waals surface area (Å²) < 4.78 is 5.29. The third-order valence-corrected chi connectivity index (χ3v) is 6.38. The SMILES string of the molecule is COc1cccc(CN2CC3(CCN(C(=O)N4CCCC4)CC3)CC2=O)c1. The number of likely N-dealkylation sites (tertiary alicyclic amines) is 3. The minimum absolute atomic E-state index is 0.0394. The molecule has 0 radical (unpaired) electrons. The minimum atomic E-state index is 0.0394. The highest BCUT2D eigenvalue weighted by molar-refractivity contribution is 5.80. The Hall–Kier alpha value is -2.24. The van der Waals surface area contributed by atoms with E-state index in [1.54, 1.807) is 7.11 Å². The number of amides is 3. The largest absolute Gasteiger partial charge is 0.497 e. The van der Waals surface area contributed by atoms with Gasteiger partial charge in [-0.3, -0.25) is 4.79 Å². The van der Waals surface area contributed by atoms with Gasteiger partial charge in [0.25, 0.3) is 0 Å². The van der Waals surface area contributed by atoms with Gasteiger partial charge in [0.1, 0.15) is 5.75 Å². The van der Waals surface area contributed by atoms with Crippen molar-refractivity contribution in [2.75, 3.05) is 39.8 Å². The summed E-state index contributed by atoms with van der Waals surface area (Å²) in [6.45, 7) is 4.77. The molecular weight excluding hydrogens is 342 g/mol. The first-order valence-corrected chi connectivity index (χ1v) is 10.0. The molecule has 146 valence electrons. The maximum Gasteiger partial charge on any atom is 0.319 e. The molecule has 3 heterocycles. The molecule has 4 rings (SSSR count). The zero-order valence-corrected chi connectivity index (χ0v) is 16.2. The predicted octanol–water partition coefficient (Wildman–Crippen LogP) is 2.73. The summed E-state index contributed by atoms with van der Waals surface area (Å²) >= 11 is 0. The standard InChI is InChI=1S/C21H29N3O3/c1-27-18-6-4-5-17(13-18)15-24-16-21(14-19(24)25)7-11-23(12-8-21)20(26)22-9-2-3-10-22/h4-6,13H,2-3,7-12,14-16H2,1H3. The number of urea groups is 1. The Kier molecular flexibility index (Phi) is 4.98. The summed E-state index contributed by atoms with van der Waals surface area (Å²) in [6.07, 6.45) is 4.71. The molecule has 3 amide bonds. The Balaban J connectivity index is 1.35. The highest BCUT2D eigenvalue weighted by Gasteiger charge is 2.45. The van der Waals surface area contributed by atoms with Gasteiger partial charge in [-0.25, -0.2) is 4.79 Å². The number of rotatable bonds is 3. The number of hydrogen-bond acceptors (Lipinski definition) is 3. The minimum Gasteiger partial charge on any atom is -0.497 e. The fourth-order valence-electron chi connectivity index (χ4n) is 4.73. The first kappa shape index (κ1) is 18.1. The number of benzene rings is 1. The molecule has 3 aliphatic heterocycles. The van der Waals surface area contributed by atoms with Gasteiger partial charge in [-0.1, -0.05) is 12.1 Å².